The summed E-state index contributed by atoms with van der Waals surface area (Å²) >= 11 is 6.98. The number of alkyl halides is 2. The molecule has 0 aromatic heterocycles. The Balaban J connectivity index is 0.00000220. The van der Waals surface area contributed by atoms with Crippen molar-refractivity contribution in [3.05, 3.63) is 23.2 Å². The lowest BCUT2D eigenvalue weighted by Gasteiger charge is -2.14. The van der Waals surface area contributed by atoms with Gasteiger partial charge in [0.05, 0.1) is 22.4 Å². The Morgan fingerprint density at radius 1 is 1.52 bits per heavy atom. The van der Waals surface area contributed by atoms with Gasteiger partial charge in [0.15, 0.2) is 0 Å². The molecule has 8 heteroatoms. The van der Waals surface area contributed by atoms with E-state index in [9.17, 15) is 13.6 Å². The predicted molar refractivity (Wildman–Crippen MR) is 85.0 cm³/mol. The molecule has 1 heterocycles. The van der Waals surface area contributed by atoms with Gasteiger partial charge in [0, 0.05) is 11.4 Å². The summed E-state index contributed by atoms with van der Waals surface area (Å²) in [5.41, 5.74) is 0.500. The van der Waals surface area contributed by atoms with Crippen LogP contribution >= 0.6 is 35.8 Å². The summed E-state index contributed by atoms with van der Waals surface area (Å²) in [6.45, 7) is 1.46. The SMILES string of the molecule is Cl.O=C(Nc1cccc(Cl)c1SCC(F)F)C1CCNC1. The van der Waals surface area contributed by atoms with Crippen molar-refractivity contribution in [3.63, 3.8) is 0 Å². The van der Waals surface area contributed by atoms with E-state index >= 15 is 0 Å². The van der Waals surface area contributed by atoms with Crippen LogP contribution in [-0.2, 0) is 4.79 Å². The van der Waals surface area contributed by atoms with Crippen LogP contribution in [0.3, 0.4) is 0 Å². The minimum atomic E-state index is -2.42. The summed E-state index contributed by atoms with van der Waals surface area (Å²) in [5.74, 6) is -0.532. The standard InChI is InChI=1S/C13H15ClF2N2OS.ClH/c14-9-2-1-3-10(12(9)20-7-11(15)16)18-13(19)8-4-5-17-6-8;/h1-3,8,11,17H,4-7H2,(H,18,19);1H. The number of carbonyl (C=O) groups excluding carboxylic acids is 1. The van der Waals surface area contributed by atoms with Crippen LogP contribution in [0.2, 0.25) is 5.02 Å². The second-order valence-corrected chi connectivity index (χ2v) is 5.94. The van der Waals surface area contributed by atoms with Crippen molar-refractivity contribution in [3.8, 4) is 0 Å². The fraction of sp³-hybridized carbons (Fsp3) is 0.462. The summed E-state index contributed by atoms with van der Waals surface area (Å²) in [4.78, 5) is 12.6. The third-order valence-electron chi connectivity index (χ3n) is 3.01. The number of halogens is 4. The molecule has 118 valence electrons. The number of amides is 1. The molecule has 1 aromatic rings. The Kier molecular flexibility index (Phi) is 7.73. The first-order valence-electron chi connectivity index (χ1n) is 6.29. The Morgan fingerprint density at radius 2 is 2.29 bits per heavy atom. The molecule has 0 bridgehead atoms. The van der Waals surface area contributed by atoms with E-state index in [-0.39, 0.29) is 30.0 Å². The number of rotatable bonds is 5. The van der Waals surface area contributed by atoms with E-state index in [2.05, 4.69) is 10.6 Å². The van der Waals surface area contributed by atoms with Gasteiger partial charge in [-0.2, -0.15) is 0 Å². The average Bonchev–Trinajstić information content (AvgIpc) is 2.91. The van der Waals surface area contributed by atoms with Gasteiger partial charge in [0.25, 0.3) is 0 Å². The van der Waals surface area contributed by atoms with E-state index in [0.29, 0.717) is 22.2 Å². The molecular formula is C13H16Cl2F2N2OS. The van der Waals surface area contributed by atoms with Crippen LogP contribution in [0.25, 0.3) is 0 Å². The topological polar surface area (TPSA) is 41.1 Å². The zero-order chi connectivity index (χ0) is 14.5. The van der Waals surface area contributed by atoms with Crippen molar-refractivity contribution >= 4 is 47.4 Å². The largest absolute Gasteiger partial charge is 0.325 e. The van der Waals surface area contributed by atoms with Crippen LogP contribution in [0.4, 0.5) is 14.5 Å². The maximum atomic E-state index is 12.3. The van der Waals surface area contributed by atoms with Gasteiger partial charge in [-0.25, -0.2) is 8.78 Å². The van der Waals surface area contributed by atoms with Crippen molar-refractivity contribution in [1.82, 2.24) is 5.32 Å². The molecule has 0 saturated carbocycles. The molecule has 1 saturated heterocycles. The molecule has 21 heavy (non-hydrogen) atoms. The summed E-state index contributed by atoms with van der Waals surface area (Å²) < 4.78 is 24.7. The lowest BCUT2D eigenvalue weighted by Crippen LogP contribution is -2.24. The van der Waals surface area contributed by atoms with Crippen molar-refractivity contribution < 1.29 is 13.6 Å². The van der Waals surface area contributed by atoms with E-state index in [4.69, 9.17) is 11.6 Å². The molecule has 1 fully saturated rings. The quantitative estimate of drug-likeness (QED) is 0.791. The highest BCUT2D eigenvalue weighted by Crippen LogP contribution is 2.35. The second-order valence-electron chi connectivity index (χ2n) is 4.50. The molecule has 1 aliphatic rings. The minimum absolute atomic E-state index is 0. The van der Waals surface area contributed by atoms with Gasteiger partial charge >= 0.3 is 0 Å². The first kappa shape index (κ1) is 18.5. The third kappa shape index (κ3) is 5.29. The van der Waals surface area contributed by atoms with Gasteiger partial charge in [-0.3, -0.25) is 4.79 Å². The highest BCUT2D eigenvalue weighted by molar-refractivity contribution is 7.99. The molecule has 1 aliphatic heterocycles. The van der Waals surface area contributed by atoms with Crippen LogP contribution in [0.1, 0.15) is 6.42 Å². The van der Waals surface area contributed by atoms with Crippen LogP contribution in [-0.4, -0.2) is 31.2 Å². The molecule has 3 nitrogen and oxygen atoms in total. The van der Waals surface area contributed by atoms with Crippen molar-refractivity contribution in [2.24, 2.45) is 5.92 Å². The zero-order valence-electron chi connectivity index (χ0n) is 11.1. The number of nitrogens with one attached hydrogen (secondary N) is 2. The fourth-order valence-corrected chi connectivity index (χ4v) is 3.12. The van der Waals surface area contributed by atoms with Crippen LogP contribution in [0, 0.1) is 5.92 Å². The maximum Gasteiger partial charge on any atom is 0.247 e. The Hall–Kier alpha value is -0.560. The number of anilines is 1. The first-order valence-corrected chi connectivity index (χ1v) is 7.65. The van der Waals surface area contributed by atoms with E-state index in [1.54, 1.807) is 18.2 Å². The molecular weight excluding hydrogens is 341 g/mol. The van der Waals surface area contributed by atoms with Crippen molar-refractivity contribution in [1.29, 1.82) is 0 Å². The first-order chi connectivity index (χ1) is 9.58. The molecule has 2 rings (SSSR count). The van der Waals surface area contributed by atoms with Crippen LogP contribution in [0.5, 0.6) is 0 Å². The number of benzene rings is 1. The predicted octanol–water partition coefficient (Wildman–Crippen LogP) is 3.67. The number of carbonyl (C=O) groups is 1. The van der Waals surface area contributed by atoms with Crippen LogP contribution in [0.15, 0.2) is 23.1 Å². The average molecular weight is 357 g/mol. The van der Waals surface area contributed by atoms with Gasteiger partial charge < -0.3 is 10.6 Å². The van der Waals surface area contributed by atoms with Gasteiger partial charge in [-0.15, -0.1) is 24.2 Å². The molecule has 1 atom stereocenters. The lowest BCUT2D eigenvalue weighted by atomic mass is 10.1. The van der Waals surface area contributed by atoms with Crippen molar-refractivity contribution in [2.45, 2.75) is 17.7 Å². The Morgan fingerprint density at radius 3 is 2.90 bits per heavy atom. The minimum Gasteiger partial charge on any atom is -0.325 e. The second kappa shape index (κ2) is 8.78. The molecule has 0 aliphatic carbocycles. The summed E-state index contributed by atoms with van der Waals surface area (Å²) in [6.07, 6.45) is -1.63. The summed E-state index contributed by atoms with van der Waals surface area (Å²) in [6, 6.07) is 5.00. The molecule has 0 spiro atoms. The normalized spacial score (nSPS) is 17.6. The van der Waals surface area contributed by atoms with E-state index in [0.717, 1.165) is 24.7 Å². The molecule has 0 radical (unpaired) electrons. The van der Waals surface area contributed by atoms with Gasteiger partial charge in [-0.1, -0.05) is 17.7 Å². The third-order valence-corrected chi connectivity index (χ3v) is 4.58. The highest BCUT2D eigenvalue weighted by Gasteiger charge is 2.23. The van der Waals surface area contributed by atoms with Crippen molar-refractivity contribution in [2.75, 3.05) is 24.2 Å². The smallest absolute Gasteiger partial charge is 0.247 e. The molecule has 1 aromatic carbocycles. The number of hydrogen-bond donors (Lipinski definition) is 2. The lowest BCUT2D eigenvalue weighted by molar-refractivity contribution is -0.119. The Labute approximate surface area is 137 Å². The fourth-order valence-electron chi connectivity index (χ4n) is 2.01. The summed E-state index contributed by atoms with van der Waals surface area (Å²) in [7, 11) is 0. The Bertz CT molecular complexity index is 485. The van der Waals surface area contributed by atoms with Gasteiger partial charge in [0.2, 0.25) is 12.3 Å². The molecule has 2 N–H and O–H groups in total. The monoisotopic (exact) mass is 356 g/mol. The van der Waals surface area contributed by atoms with E-state index in [1.165, 1.54) is 0 Å². The zero-order valence-corrected chi connectivity index (χ0v) is 13.5. The van der Waals surface area contributed by atoms with E-state index in [1.807, 2.05) is 0 Å². The van der Waals surface area contributed by atoms with E-state index < -0.39 is 6.43 Å². The number of hydrogen-bond acceptors (Lipinski definition) is 3. The van der Waals surface area contributed by atoms with Gasteiger partial charge in [-0.05, 0) is 25.1 Å². The molecule has 1 unspecified atom stereocenters. The molecule has 1 amide bonds. The van der Waals surface area contributed by atoms with Gasteiger partial charge in [0.1, 0.15) is 0 Å². The summed E-state index contributed by atoms with van der Waals surface area (Å²) in [5, 5.41) is 6.27. The van der Waals surface area contributed by atoms with Crippen LogP contribution < -0.4 is 10.6 Å². The number of thioether (sulfide) groups is 1. The maximum absolute atomic E-state index is 12.3. The highest BCUT2D eigenvalue weighted by atomic mass is 35.5.